The van der Waals surface area contributed by atoms with Crippen molar-refractivity contribution >= 4 is 40.5 Å². The Morgan fingerprint density at radius 2 is 1.59 bits per heavy atom. The molecule has 1 unspecified atom stereocenters. The Morgan fingerprint density at radius 1 is 0.912 bits per heavy atom. The van der Waals surface area contributed by atoms with Crippen molar-refractivity contribution in [3.8, 4) is 11.5 Å². The second-order valence-electron chi connectivity index (χ2n) is 8.09. The van der Waals surface area contributed by atoms with Crippen LogP contribution in [0.2, 0.25) is 5.02 Å². The SMILES string of the molecule is COc1ccc(N2CC(=O)N(c3ccc(Cl)cc3)C(c3ccc(N(C)C)cc3)C2=O)c(OC)c1. The number of hydrogen-bond donors (Lipinski definition) is 0. The number of nitrogens with zero attached hydrogens (tertiary/aromatic N) is 3. The van der Waals surface area contributed by atoms with Crippen molar-refractivity contribution in [2.45, 2.75) is 6.04 Å². The topological polar surface area (TPSA) is 62.3 Å². The number of carbonyl (C=O) groups is 2. The van der Waals surface area contributed by atoms with Crippen LogP contribution in [0.15, 0.2) is 66.7 Å². The number of methoxy groups -OCH3 is 2. The molecule has 1 atom stereocenters. The molecule has 1 saturated heterocycles. The van der Waals surface area contributed by atoms with Crippen molar-refractivity contribution in [3.63, 3.8) is 0 Å². The van der Waals surface area contributed by atoms with E-state index in [1.165, 1.54) is 16.9 Å². The first-order valence-corrected chi connectivity index (χ1v) is 11.1. The van der Waals surface area contributed by atoms with Gasteiger partial charge in [-0.3, -0.25) is 19.4 Å². The van der Waals surface area contributed by atoms with E-state index in [2.05, 4.69) is 0 Å². The Kier molecular flexibility index (Phi) is 6.65. The lowest BCUT2D eigenvalue weighted by molar-refractivity contribution is -0.128. The van der Waals surface area contributed by atoms with E-state index >= 15 is 0 Å². The zero-order valence-electron chi connectivity index (χ0n) is 19.5. The molecule has 4 rings (SSSR count). The predicted octanol–water partition coefficient (Wildman–Crippen LogP) is 4.54. The molecular weight excluding hydrogens is 454 g/mol. The van der Waals surface area contributed by atoms with E-state index in [1.807, 2.05) is 43.3 Å². The Morgan fingerprint density at radius 3 is 2.18 bits per heavy atom. The molecular formula is C26H26ClN3O4. The van der Waals surface area contributed by atoms with Crippen molar-refractivity contribution in [3.05, 3.63) is 77.3 Å². The highest BCUT2D eigenvalue weighted by Crippen LogP contribution is 2.39. The summed E-state index contributed by atoms with van der Waals surface area (Å²) in [6.45, 7) is -0.129. The summed E-state index contributed by atoms with van der Waals surface area (Å²) in [5.74, 6) is 0.578. The van der Waals surface area contributed by atoms with Gasteiger partial charge in [0.1, 0.15) is 24.1 Å². The van der Waals surface area contributed by atoms with Crippen LogP contribution in [0.5, 0.6) is 11.5 Å². The van der Waals surface area contributed by atoms with Gasteiger partial charge in [0.25, 0.3) is 5.91 Å². The quantitative estimate of drug-likeness (QED) is 0.519. The largest absolute Gasteiger partial charge is 0.497 e. The molecule has 0 bridgehead atoms. The highest BCUT2D eigenvalue weighted by atomic mass is 35.5. The number of piperazine rings is 1. The maximum Gasteiger partial charge on any atom is 0.255 e. The Hall–Kier alpha value is -3.71. The lowest BCUT2D eigenvalue weighted by atomic mass is 9.99. The van der Waals surface area contributed by atoms with Gasteiger partial charge < -0.3 is 14.4 Å². The molecule has 0 spiro atoms. The van der Waals surface area contributed by atoms with E-state index in [0.717, 1.165) is 5.69 Å². The number of hydrogen-bond acceptors (Lipinski definition) is 5. The summed E-state index contributed by atoms with van der Waals surface area (Å²) >= 11 is 6.07. The minimum Gasteiger partial charge on any atom is -0.497 e. The molecule has 176 valence electrons. The minimum atomic E-state index is -0.856. The number of amides is 2. The molecule has 1 fully saturated rings. The highest BCUT2D eigenvalue weighted by Gasteiger charge is 2.42. The van der Waals surface area contributed by atoms with Crippen LogP contribution in [0.4, 0.5) is 17.1 Å². The lowest BCUT2D eigenvalue weighted by Crippen LogP contribution is -2.56. The van der Waals surface area contributed by atoms with Gasteiger partial charge in [-0.1, -0.05) is 23.7 Å². The van der Waals surface area contributed by atoms with Gasteiger partial charge in [-0.05, 0) is 54.1 Å². The molecule has 0 aliphatic carbocycles. The Labute approximate surface area is 204 Å². The second kappa shape index (κ2) is 9.65. The van der Waals surface area contributed by atoms with Crippen molar-refractivity contribution in [1.29, 1.82) is 0 Å². The Balaban J connectivity index is 1.81. The van der Waals surface area contributed by atoms with E-state index < -0.39 is 6.04 Å². The molecule has 1 aliphatic rings. The van der Waals surface area contributed by atoms with E-state index in [4.69, 9.17) is 21.1 Å². The maximum atomic E-state index is 14.0. The number of carbonyl (C=O) groups excluding carboxylic acids is 2. The zero-order valence-corrected chi connectivity index (χ0v) is 20.2. The fourth-order valence-electron chi connectivity index (χ4n) is 4.04. The fraction of sp³-hybridized carbons (Fsp3) is 0.231. The fourth-order valence-corrected chi connectivity index (χ4v) is 4.17. The summed E-state index contributed by atoms with van der Waals surface area (Å²) in [5.41, 5.74) is 2.80. The number of benzene rings is 3. The van der Waals surface area contributed by atoms with Crippen LogP contribution in [-0.2, 0) is 9.59 Å². The molecule has 7 nitrogen and oxygen atoms in total. The third-order valence-corrected chi connectivity index (χ3v) is 6.08. The molecule has 3 aromatic rings. The van der Waals surface area contributed by atoms with Crippen molar-refractivity contribution in [1.82, 2.24) is 0 Å². The Bertz CT molecular complexity index is 1200. The first-order chi connectivity index (χ1) is 16.3. The van der Waals surface area contributed by atoms with Crippen LogP contribution >= 0.6 is 11.6 Å². The first kappa shape index (κ1) is 23.4. The van der Waals surface area contributed by atoms with Crippen LogP contribution in [0, 0.1) is 0 Å². The van der Waals surface area contributed by atoms with Crippen molar-refractivity contribution in [2.75, 3.05) is 49.6 Å². The molecule has 0 aromatic heterocycles. The maximum absolute atomic E-state index is 14.0. The van der Waals surface area contributed by atoms with Crippen molar-refractivity contribution in [2.24, 2.45) is 0 Å². The van der Waals surface area contributed by atoms with E-state index in [0.29, 0.717) is 33.5 Å². The molecule has 3 aromatic carbocycles. The molecule has 1 aliphatic heterocycles. The van der Waals surface area contributed by atoms with Gasteiger partial charge in [-0.2, -0.15) is 0 Å². The third kappa shape index (κ3) is 4.39. The molecule has 2 amide bonds. The van der Waals surface area contributed by atoms with Gasteiger partial charge in [0, 0.05) is 36.6 Å². The highest BCUT2D eigenvalue weighted by molar-refractivity contribution is 6.30. The predicted molar refractivity (Wildman–Crippen MR) is 134 cm³/mol. The zero-order chi connectivity index (χ0) is 24.4. The monoisotopic (exact) mass is 479 g/mol. The molecule has 1 heterocycles. The third-order valence-electron chi connectivity index (χ3n) is 5.83. The average Bonchev–Trinajstić information content (AvgIpc) is 2.85. The summed E-state index contributed by atoms with van der Waals surface area (Å²) in [7, 11) is 6.97. The normalized spacial score (nSPS) is 16.0. The molecule has 0 radical (unpaired) electrons. The molecule has 34 heavy (non-hydrogen) atoms. The van der Waals surface area contributed by atoms with Crippen molar-refractivity contribution < 1.29 is 19.1 Å². The number of rotatable bonds is 6. The summed E-state index contributed by atoms with van der Waals surface area (Å²) in [4.78, 5) is 32.5. The van der Waals surface area contributed by atoms with Crippen LogP contribution in [0.3, 0.4) is 0 Å². The van der Waals surface area contributed by atoms with Gasteiger partial charge in [0.05, 0.1) is 19.9 Å². The van der Waals surface area contributed by atoms with Crippen LogP contribution in [0.1, 0.15) is 11.6 Å². The summed E-state index contributed by atoms with van der Waals surface area (Å²) in [6.07, 6.45) is 0. The molecule has 0 saturated carbocycles. The van der Waals surface area contributed by atoms with Crippen LogP contribution < -0.4 is 24.2 Å². The molecule has 0 N–H and O–H groups in total. The minimum absolute atomic E-state index is 0.129. The van der Waals surface area contributed by atoms with Crippen LogP contribution in [-0.4, -0.2) is 46.7 Å². The first-order valence-electron chi connectivity index (χ1n) is 10.7. The second-order valence-corrected chi connectivity index (χ2v) is 8.53. The smallest absolute Gasteiger partial charge is 0.255 e. The number of ether oxygens (including phenoxy) is 2. The summed E-state index contributed by atoms with van der Waals surface area (Å²) in [6, 6.07) is 18.8. The number of anilines is 3. The average molecular weight is 480 g/mol. The van der Waals surface area contributed by atoms with E-state index in [9.17, 15) is 9.59 Å². The molecule has 8 heteroatoms. The van der Waals surface area contributed by atoms with E-state index in [-0.39, 0.29) is 18.4 Å². The van der Waals surface area contributed by atoms with Gasteiger partial charge in [0.15, 0.2) is 0 Å². The van der Waals surface area contributed by atoms with Gasteiger partial charge in [-0.15, -0.1) is 0 Å². The number of halogens is 1. The van der Waals surface area contributed by atoms with Crippen LogP contribution in [0.25, 0.3) is 0 Å². The van der Waals surface area contributed by atoms with Gasteiger partial charge >= 0.3 is 0 Å². The van der Waals surface area contributed by atoms with Gasteiger partial charge in [0.2, 0.25) is 5.91 Å². The summed E-state index contributed by atoms with van der Waals surface area (Å²) in [5, 5.41) is 0.552. The van der Waals surface area contributed by atoms with Gasteiger partial charge in [-0.25, -0.2) is 0 Å². The lowest BCUT2D eigenvalue weighted by Gasteiger charge is -2.40. The standard InChI is InChI=1S/C26H26ClN3O4/c1-28(2)19-9-5-17(6-10-19)25-26(32)29(22-14-13-21(33-3)15-23(22)34-4)16-24(31)30(25)20-11-7-18(27)8-12-20/h5-15,25H,16H2,1-4H3. The van der Waals surface area contributed by atoms with E-state index in [1.54, 1.807) is 49.6 Å². The summed E-state index contributed by atoms with van der Waals surface area (Å²) < 4.78 is 10.8.